The molecule has 1 atom stereocenters. The van der Waals surface area contributed by atoms with Crippen molar-refractivity contribution in [3.05, 3.63) is 28.5 Å². The Labute approximate surface area is 113 Å². The van der Waals surface area contributed by atoms with Crippen LogP contribution >= 0.6 is 15.9 Å². The lowest BCUT2D eigenvalue weighted by Crippen LogP contribution is -2.37. The van der Waals surface area contributed by atoms with Crippen LogP contribution in [0.2, 0.25) is 0 Å². The van der Waals surface area contributed by atoms with Crippen molar-refractivity contribution in [3.8, 4) is 0 Å². The Hall–Kier alpha value is -1.43. The third kappa shape index (κ3) is 3.07. The van der Waals surface area contributed by atoms with E-state index in [1.54, 1.807) is 6.92 Å². The molecule has 0 fully saturated rings. The molecule has 0 bridgehead atoms. The monoisotopic (exact) mass is 317 g/mol. The van der Waals surface area contributed by atoms with E-state index in [-0.39, 0.29) is 12.1 Å². The highest BCUT2D eigenvalue weighted by Gasteiger charge is 2.28. The number of halogens is 2. The number of aliphatic carboxylic acids is 1. The normalized spacial score (nSPS) is 12.0. The van der Waals surface area contributed by atoms with Crippen LogP contribution in [0.25, 0.3) is 0 Å². The molecular formula is C12H13BrFNO3. The van der Waals surface area contributed by atoms with Gasteiger partial charge < -0.3 is 10.0 Å². The maximum atomic E-state index is 13.6. The lowest BCUT2D eigenvalue weighted by atomic mass is 10.1. The molecule has 98 valence electrons. The highest BCUT2D eigenvalue weighted by Crippen LogP contribution is 2.24. The van der Waals surface area contributed by atoms with Crippen LogP contribution < -0.4 is 4.90 Å². The molecule has 0 aliphatic rings. The lowest BCUT2D eigenvalue weighted by molar-refractivity contribution is -0.146. The van der Waals surface area contributed by atoms with Gasteiger partial charge in [0.2, 0.25) is 5.91 Å². The van der Waals surface area contributed by atoms with E-state index in [4.69, 9.17) is 5.11 Å². The van der Waals surface area contributed by atoms with Crippen molar-refractivity contribution >= 4 is 33.5 Å². The number of carboxylic acid groups (broad SMARTS) is 1. The van der Waals surface area contributed by atoms with Crippen molar-refractivity contribution in [1.82, 2.24) is 0 Å². The SMILES string of the molecule is CCC(C(=O)O)C(=O)N(C)c1cc(Br)ccc1F. The quantitative estimate of drug-likeness (QED) is 0.868. The summed E-state index contributed by atoms with van der Waals surface area (Å²) < 4.78 is 14.2. The average molecular weight is 318 g/mol. The van der Waals surface area contributed by atoms with Gasteiger partial charge in [0.05, 0.1) is 5.69 Å². The van der Waals surface area contributed by atoms with Crippen LogP contribution in [0.4, 0.5) is 10.1 Å². The predicted octanol–water partition coefficient (Wildman–Crippen LogP) is 2.66. The molecule has 0 aromatic heterocycles. The molecule has 1 amide bonds. The Morgan fingerprint density at radius 2 is 2.11 bits per heavy atom. The van der Waals surface area contributed by atoms with Crippen LogP contribution in [0, 0.1) is 11.7 Å². The zero-order valence-corrected chi connectivity index (χ0v) is 11.6. The van der Waals surface area contributed by atoms with Crippen molar-refractivity contribution in [2.75, 3.05) is 11.9 Å². The van der Waals surface area contributed by atoms with E-state index in [1.807, 2.05) is 0 Å². The summed E-state index contributed by atoms with van der Waals surface area (Å²) in [5.74, 6) is -3.57. The van der Waals surface area contributed by atoms with Crippen molar-refractivity contribution in [2.24, 2.45) is 5.92 Å². The van der Waals surface area contributed by atoms with E-state index in [2.05, 4.69) is 15.9 Å². The molecule has 0 radical (unpaired) electrons. The average Bonchev–Trinajstić information content (AvgIpc) is 2.31. The number of hydrogen-bond donors (Lipinski definition) is 1. The van der Waals surface area contributed by atoms with Gasteiger partial charge in [0, 0.05) is 11.5 Å². The van der Waals surface area contributed by atoms with Gasteiger partial charge in [-0.2, -0.15) is 0 Å². The molecule has 0 aliphatic heterocycles. The van der Waals surface area contributed by atoms with Crippen LogP contribution in [0.3, 0.4) is 0 Å². The smallest absolute Gasteiger partial charge is 0.316 e. The molecule has 1 rings (SSSR count). The zero-order valence-electron chi connectivity index (χ0n) is 9.98. The Morgan fingerprint density at radius 1 is 1.50 bits per heavy atom. The van der Waals surface area contributed by atoms with Gasteiger partial charge in [-0.05, 0) is 24.6 Å². The first-order valence-corrected chi connectivity index (χ1v) is 6.13. The summed E-state index contributed by atoms with van der Waals surface area (Å²) in [4.78, 5) is 23.9. The molecule has 18 heavy (non-hydrogen) atoms. The van der Waals surface area contributed by atoms with E-state index in [9.17, 15) is 14.0 Å². The molecule has 0 saturated carbocycles. The first-order chi connectivity index (χ1) is 8.38. The molecule has 4 nitrogen and oxygen atoms in total. The number of anilines is 1. The van der Waals surface area contributed by atoms with Gasteiger partial charge in [-0.3, -0.25) is 9.59 Å². The number of rotatable bonds is 4. The third-order valence-electron chi connectivity index (χ3n) is 2.60. The van der Waals surface area contributed by atoms with Gasteiger partial charge in [-0.25, -0.2) is 4.39 Å². The minimum Gasteiger partial charge on any atom is -0.481 e. The van der Waals surface area contributed by atoms with Crippen LogP contribution in [0.1, 0.15) is 13.3 Å². The zero-order chi connectivity index (χ0) is 13.9. The first-order valence-electron chi connectivity index (χ1n) is 5.33. The van der Waals surface area contributed by atoms with Crippen molar-refractivity contribution in [3.63, 3.8) is 0 Å². The minimum atomic E-state index is -1.20. The largest absolute Gasteiger partial charge is 0.481 e. The second-order valence-electron chi connectivity index (χ2n) is 3.79. The maximum absolute atomic E-state index is 13.6. The summed E-state index contributed by atoms with van der Waals surface area (Å²) in [6.45, 7) is 1.60. The van der Waals surface area contributed by atoms with Crippen molar-refractivity contribution < 1.29 is 19.1 Å². The molecule has 0 heterocycles. The summed E-state index contributed by atoms with van der Waals surface area (Å²) in [5.41, 5.74) is 0.0501. The van der Waals surface area contributed by atoms with Gasteiger partial charge in [0.15, 0.2) is 0 Å². The standard InChI is InChI=1S/C12H13BrFNO3/c1-3-8(12(17)18)11(16)15(2)10-6-7(13)4-5-9(10)14/h4-6,8H,3H2,1-2H3,(H,17,18). The minimum absolute atomic E-state index is 0.0501. The Kier molecular flexibility index (Phi) is 4.84. The van der Waals surface area contributed by atoms with Crippen molar-refractivity contribution in [2.45, 2.75) is 13.3 Å². The molecule has 1 aromatic carbocycles. The number of carboxylic acids is 1. The Balaban J connectivity index is 3.06. The van der Waals surface area contributed by atoms with Gasteiger partial charge in [0.1, 0.15) is 11.7 Å². The second kappa shape index (κ2) is 5.95. The van der Waals surface area contributed by atoms with Gasteiger partial charge in [0.25, 0.3) is 0 Å². The third-order valence-corrected chi connectivity index (χ3v) is 3.10. The summed E-state index contributed by atoms with van der Waals surface area (Å²) >= 11 is 3.18. The molecule has 0 aliphatic carbocycles. The molecular weight excluding hydrogens is 305 g/mol. The van der Waals surface area contributed by atoms with Crippen LogP contribution in [-0.2, 0) is 9.59 Å². The van der Waals surface area contributed by atoms with E-state index < -0.39 is 23.6 Å². The fraction of sp³-hybridized carbons (Fsp3) is 0.333. The lowest BCUT2D eigenvalue weighted by Gasteiger charge is -2.21. The second-order valence-corrected chi connectivity index (χ2v) is 4.71. The Bertz CT molecular complexity index is 478. The van der Waals surface area contributed by atoms with E-state index >= 15 is 0 Å². The number of benzene rings is 1. The fourth-order valence-corrected chi connectivity index (χ4v) is 1.90. The summed E-state index contributed by atoms with van der Waals surface area (Å²) in [6.07, 6.45) is 0.161. The van der Waals surface area contributed by atoms with Gasteiger partial charge in [-0.15, -0.1) is 0 Å². The molecule has 1 N–H and O–H groups in total. The van der Waals surface area contributed by atoms with E-state index in [0.717, 1.165) is 4.90 Å². The number of carbonyl (C=O) groups excluding carboxylic acids is 1. The molecule has 1 unspecified atom stereocenters. The summed E-state index contributed by atoms with van der Waals surface area (Å²) in [6, 6.07) is 4.15. The highest BCUT2D eigenvalue weighted by molar-refractivity contribution is 9.10. The van der Waals surface area contributed by atoms with Crippen molar-refractivity contribution in [1.29, 1.82) is 0 Å². The number of carbonyl (C=O) groups is 2. The summed E-state index contributed by atoms with van der Waals surface area (Å²) in [7, 11) is 1.36. The van der Waals surface area contributed by atoms with E-state index in [0.29, 0.717) is 4.47 Å². The number of hydrogen-bond acceptors (Lipinski definition) is 2. The van der Waals surface area contributed by atoms with E-state index in [1.165, 1.54) is 25.2 Å². The number of nitrogens with zero attached hydrogens (tertiary/aromatic N) is 1. The Morgan fingerprint density at radius 3 is 2.61 bits per heavy atom. The van der Waals surface area contributed by atoms with Gasteiger partial charge >= 0.3 is 5.97 Å². The molecule has 6 heteroatoms. The predicted molar refractivity (Wildman–Crippen MR) is 68.9 cm³/mol. The molecule has 0 spiro atoms. The topological polar surface area (TPSA) is 57.6 Å². The van der Waals surface area contributed by atoms with Crippen LogP contribution in [0.15, 0.2) is 22.7 Å². The van der Waals surface area contributed by atoms with Crippen LogP contribution in [0.5, 0.6) is 0 Å². The molecule has 1 aromatic rings. The first kappa shape index (κ1) is 14.6. The molecule has 0 saturated heterocycles. The summed E-state index contributed by atoms with van der Waals surface area (Å²) in [5, 5.41) is 8.91. The van der Waals surface area contributed by atoms with Gasteiger partial charge in [-0.1, -0.05) is 22.9 Å². The maximum Gasteiger partial charge on any atom is 0.316 e. The number of amides is 1. The highest BCUT2D eigenvalue weighted by atomic mass is 79.9. The van der Waals surface area contributed by atoms with Crippen LogP contribution in [-0.4, -0.2) is 24.0 Å². The fourth-order valence-electron chi connectivity index (χ4n) is 1.55.